The van der Waals surface area contributed by atoms with E-state index in [1.54, 1.807) is 0 Å². The average Bonchev–Trinajstić information content (AvgIpc) is 2.27. The van der Waals surface area contributed by atoms with Gasteiger partial charge in [-0.15, -0.1) is 0 Å². The zero-order valence-electron chi connectivity index (χ0n) is 11.3. The van der Waals surface area contributed by atoms with Crippen LogP contribution in [0.5, 0.6) is 0 Å². The summed E-state index contributed by atoms with van der Waals surface area (Å²) in [6.07, 6.45) is 2.08. The van der Waals surface area contributed by atoms with Crippen molar-refractivity contribution in [2.24, 2.45) is 11.7 Å². The standard InChI is InChI=1S/C15H25NO/c1-15(2,3)17-10-9-14(12-16)11-13-7-5-4-6-8-13/h4-8,14H,9-12,16H2,1-3H3. The Morgan fingerprint density at radius 1 is 1.18 bits per heavy atom. The topological polar surface area (TPSA) is 35.2 Å². The predicted molar refractivity (Wildman–Crippen MR) is 73.0 cm³/mol. The highest BCUT2D eigenvalue weighted by molar-refractivity contribution is 5.15. The Labute approximate surface area is 105 Å². The zero-order chi connectivity index (χ0) is 12.7. The summed E-state index contributed by atoms with van der Waals surface area (Å²) in [4.78, 5) is 0. The van der Waals surface area contributed by atoms with Gasteiger partial charge in [-0.05, 0) is 51.6 Å². The van der Waals surface area contributed by atoms with Crippen LogP contribution in [-0.2, 0) is 11.2 Å². The van der Waals surface area contributed by atoms with Crippen LogP contribution in [0.25, 0.3) is 0 Å². The van der Waals surface area contributed by atoms with Gasteiger partial charge in [0, 0.05) is 6.61 Å². The van der Waals surface area contributed by atoms with Crippen LogP contribution >= 0.6 is 0 Å². The molecule has 0 saturated heterocycles. The fraction of sp³-hybridized carbons (Fsp3) is 0.600. The molecule has 0 aliphatic carbocycles. The lowest BCUT2D eigenvalue weighted by Gasteiger charge is -2.22. The summed E-state index contributed by atoms with van der Waals surface area (Å²) in [5, 5.41) is 0. The van der Waals surface area contributed by atoms with Gasteiger partial charge in [0.15, 0.2) is 0 Å². The summed E-state index contributed by atoms with van der Waals surface area (Å²) in [5.74, 6) is 0.514. The molecule has 1 rings (SSSR count). The molecule has 0 fully saturated rings. The first-order valence-electron chi connectivity index (χ1n) is 6.39. The minimum Gasteiger partial charge on any atom is -0.376 e. The molecule has 0 spiro atoms. The van der Waals surface area contributed by atoms with Crippen molar-refractivity contribution in [2.75, 3.05) is 13.2 Å². The van der Waals surface area contributed by atoms with Crippen LogP contribution in [0.4, 0.5) is 0 Å². The number of rotatable bonds is 6. The van der Waals surface area contributed by atoms with Crippen LogP contribution < -0.4 is 5.73 Å². The summed E-state index contributed by atoms with van der Waals surface area (Å²) in [6, 6.07) is 10.5. The number of ether oxygens (including phenoxy) is 1. The van der Waals surface area contributed by atoms with E-state index < -0.39 is 0 Å². The van der Waals surface area contributed by atoms with Gasteiger partial charge in [-0.3, -0.25) is 0 Å². The van der Waals surface area contributed by atoms with Crippen molar-refractivity contribution in [1.29, 1.82) is 0 Å². The first kappa shape index (κ1) is 14.2. The Hall–Kier alpha value is -0.860. The van der Waals surface area contributed by atoms with Crippen LogP contribution in [0.1, 0.15) is 32.8 Å². The number of hydrogen-bond donors (Lipinski definition) is 1. The molecule has 1 unspecified atom stereocenters. The van der Waals surface area contributed by atoms with Crippen molar-refractivity contribution < 1.29 is 4.74 Å². The maximum absolute atomic E-state index is 5.81. The van der Waals surface area contributed by atoms with Crippen LogP contribution in [-0.4, -0.2) is 18.8 Å². The Morgan fingerprint density at radius 2 is 1.82 bits per heavy atom. The number of hydrogen-bond acceptors (Lipinski definition) is 2. The number of benzene rings is 1. The second-order valence-electron chi connectivity index (χ2n) is 5.54. The van der Waals surface area contributed by atoms with Gasteiger partial charge >= 0.3 is 0 Å². The van der Waals surface area contributed by atoms with E-state index in [1.807, 2.05) is 6.07 Å². The van der Waals surface area contributed by atoms with E-state index in [4.69, 9.17) is 10.5 Å². The molecule has 0 aliphatic rings. The van der Waals surface area contributed by atoms with Gasteiger partial charge in [-0.2, -0.15) is 0 Å². The van der Waals surface area contributed by atoms with E-state index in [-0.39, 0.29) is 5.60 Å². The van der Waals surface area contributed by atoms with Crippen molar-refractivity contribution in [3.63, 3.8) is 0 Å². The third kappa shape index (κ3) is 6.44. The lowest BCUT2D eigenvalue weighted by molar-refractivity contribution is -0.00886. The molecule has 96 valence electrons. The fourth-order valence-electron chi connectivity index (χ4n) is 1.78. The van der Waals surface area contributed by atoms with E-state index in [0.29, 0.717) is 5.92 Å². The van der Waals surface area contributed by atoms with Crippen molar-refractivity contribution in [2.45, 2.75) is 39.2 Å². The SMILES string of the molecule is CC(C)(C)OCCC(CN)Cc1ccccc1. The van der Waals surface area contributed by atoms with Gasteiger partial charge in [0.1, 0.15) is 0 Å². The van der Waals surface area contributed by atoms with Crippen LogP contribution in [0.15, 0.2) is 30.3 Å². The first-order chi connectivity index (χ1) is 8.01. The fourth-order valence-corrected chi connectivity index (χ4v) is 1.78. The van der Waals surface area contributed by atoms with Gasteiger partial charge in [-0.1, -0.05) is 30.3 Å². The van der Waals surface area contributed by atoms with Crippen molar-refractivity contribution in [3.05, 3.63) is 35.9 Å². The molecule has 17 heavy (non-hydrogen) atoms. The maximum Gasteiger partial charge on any atom is 0.0598 e. The maximum atomic E-state index is 5.81. The molecule has 0 radical (unpaired) electrons. The van der Waals surface area contributed by atoms with Gasteiger partial charge < -0.3 is 10.5 Å². The lowest BCUT2D eigenvalue weighted by atomic mass is 9.96. The van der Waals surface area contributed by atoms with E-state index in [0.717, 1.165) is 26.0 Å². The van der Waals surface area contributed by atoms with Crippen LogP contribution in [0.2, 0.25) is 0 Å². The highest BCUT2D eigenvalue weighted by Crippen LogP contribution is 2.14. The second-order valence-corrected chi connectivity index (χ2v) is 5.54. The molecule has 0 heterocycles. The minimum absolute atomic E-state index is 0.0497. The molecule has 2 N–H and O–H groups in total. The summed E-state index contributed by atoms with van der Waals surface area (Å²) in [6.45, 7) is 7.77. The third-order valence-corrected chi connectivity index (χ3v) is 2.76. The van der Waals surface area contributed by atoms with E-state index in [2.05, 4.69) is 45.0 Å². The van der Waals surface area contributed by atoms with Crippen LogP contribution in [0, 0.1) is 5.92 Å². The molecule has 0 bridgehead atoms. The van der Waals surface area contributed by atoms with Gasteiger partial charge in [0.2, 0.25) is 0 Å². The summed E-state index contributed by atoms with van der Waals surface area (Å²) < 4.78 is 5.74. The van der Waals surface area contributed by atoms with Gasteiger partial charge in [0.05, 0.1) is 5.60 Å². The molecule has 0 aromatic heterocycles. The summed E-state index contributed by atoms with van der Waals surface area (Å²) >= 11 is 0. The average molecular weight is 235 g/mol. The molecular formula is C15H25NO. The normalized spacial score (nSPS) is 13.6. The van der Waals surface area contributed by atoms with Crippen LogP contribution in [0.3, 0.4) is 0 Å². The highest BCUT2D eigenvalue weighted by Gasteiger charge is 2.12. The molecule has 1 aromatic rings. The second kappa shape index (κ2) is 6.77. The smallest absolute Gasteiger partial charge is 0.0598 e. The highest BCUT2D eigenvalue weighted by atomic mass is 16.5. The van der Waals surface area contributed by atoms with Gasteiger partial charge in [-0.25, -0.2) is 0 Å². The molecule has 1 aromatic carbocycles. The molecule has 0 aliphatic heterocycles. The molecule has 2 nitrogen and oxygen atoms in total. The van der Waals surface area contributed by atoms with Crippen molar-refractivity contribution >= 4 is 0 Å². The molecule has 1 atom stereocenters. The van der Waals surface area contributed by atoms with E-state index in [9.17, 15) is 0 Å². The third-order valence-electron chi connectivity index (χ3n) is 2.76. The Morgan fingerprint density at radius 3 is 2.35 bits per heavy atom. The monoisotopic (exact) mass is 235 g/mol. The molecule has 0 saturated carbocycles. The predicted octanol–water partition coefficient (Wildman–Crippen LogP) is 3.01. The summed E-state index contributed by atoms with van der Waals surface area (Å²) in [5.41, 5.74) is 7.13. The first-order valence-corrected chi connectivity index (χ1v) is 6.39. The Bertz CT molecular complexity index is 302. The van der Waals surface area contributed by atoms with E-state index >= 15 is 0 Å². The Balaban J connectivity index is 2.34. The largest absolute Gasteiger partial charge is 0.376 e. The minimum atomic E-state index is -0.0497. The molecule has 0 amide bonds. The van der Waals surface area contributed by atoms with E-state index in [1.165, 1.54) is 5.56 Å². The Kier molecular flexibility index (Phi) is 5.66. The summed E-state index contributed by atoms with van der Waals surface area (Å²) in [7, 11) is 0. The zero-order valence-corrected chi connectivity index (χ0v) is 11.3. The van der Waals surface area contributed by atoms with Gasteiger partial charge in [0.25, 0.3) is 0 Å². The van der Waals surface area contributed by atoms with Crippen molar-refractivity contribution in [1.82, 2.24) is 0 Å². The number of nitrogens with two attached hydrogens (primary N) is 1. The molecule has 2 heteroatoms. The van der Waals surface area contributed by atoms with Crippen molar-refractivity contribution in [3.8, 4) is 0 Å². The molecular weight excluding hydrogens is 210 g/mol. The lowest BCUT2D eigenvalue weighted by Crippen LogP contribution is -2.24. The quantitative estimate of drug-likeness (QED) is 0.822.